The molecule has 4 nitrogen and oxygen atoms in total. The zero-order chi connectivity index (χ0) is 19.6. The summed E-state index contributed by atoms with van der Waals surface area (Å²) in [6.07, 6.45) is 4.40. The van der Waals surface area contributed by atoms with Gasteiger partial charge in [0.2, 0.25) is 0 Å². The van der Waals surface area contributed by atoms with Crippen LogP contribution >= 0.6 is 11.3 Å². The van der Waals surface area contributed by atoms with Crippen molar-refractivity contribution in [2.75, 3.05) is 0 Å². The molecule has 142 valence electrons. The topological polar surface area (TPSA) is 74.6 Å². The Morgan fingerprint density at radius 1 is 1.15 bits per heavy atom. The van der Waals surface area contributed by atoms with Crippen molar-refractivity contribution >= 4 is 29.2 Å². The number of ketones is 1. The Morgan fingerprint density at radius 3 is 2.41 bits per heavy atom. The van der Waals surface area contributed by atoms with E-state index >= 15 is 0 Å². The predicted molar refractivity (Wildman–Crippen MR) is 109 cm³/mol. The Labute approximate surface area is 163 Å². The highest BCUT2D eigenvalue weighted by Gasteiger charge is 2.26. The van der Waals surface area contributed by atoms with E-state index in [-0.39, 0.29) is 18.0 Å². The molecule has 1 heterocycles. The van der Waals surface area contributed by atoms with Gasteiger partial charge >= 0.3 is 0 Å². The van der Waals surface area contributed by atoms with E-state index in [1.807, 2.05) is 47.2 Å². The van der Waals surface area contributed by atoms with E-state index in [0.29, 0.717) is 17.6 Å². The molecule has 1 aliphatic carbocycles. The average molecular weight is 384 g/mol. The molecule has 1 aliphatic rings. The molecule has 2 N–H and O–H groups in total. The minimum Gasteiger partial charge on any atom is -0.512 e. The highest BCUT2D eigenvalue weighted by atomic mass is 32.1. The van der Waals surface area contributed by atoms with Crippen molar-refractivity contribution in [3.63, 3.8) is 0 Å². The van der Waals surface area contributed by atoms with Gasteiger partial charge in [0, 0.05) is 17.4 Å². The molecule has 0 amide bonds. The van der Waals surface area contributed by atoms with E-state index in [0.717, 1.165) is 36.8 Å². The third kappa shape index (κ3) is 5.17. The van der Waals surface area contributed by atoms with Crippen LogP contribution in [0.15, 0.2) is 64.1 Å². The summed E-state index contributed by atoms with van der Waals surface area (Å²) in [5.41, 5.74) is 4.36. The molecule has 0 unspecified atom stereocenters. The van der Waals surface area contributed by atoms with Gasteiger partial charge in [0.05, 0.1) is 5.57 Å². The van der Waals surface area contributed by atoms with Crippen LogP contribution in [0.2, 0.25) is 0 Å². The maximum Gasteiger partial charge on any atom is 0.290 e. The number of hydrogen-bond donors (Lipinski definition) is 2. The zero-order valence-electron chi connectivity index (χ0n) is 15.4. The Kier molecular flexibility index (Phi) is 8.01. The largest absolute Gasteiger partial charge is 0.512 e. The number of carbonyl (C=O) groups is 2. The number of Topliss-reactive ketones (excluding diaryl/α,β-unsaturated/α-hetero) is 1. The molecule has 0 spiro atoms. The molecule has 2 aromatic rings. The lowest BCUT2D eigenvalue weighted by molar-refractivity contribution is -0.122. The third-order valence-electron chi connectivity index (χ3n) is 4.53. The maximum atomic E-state index is 13.1. The Bertz CT molecular complexity index is 817. The number of rotatable bonds is 4. The molecule has 0 fully saturated rings. The van der Waals surface area contributed by atoms with Gasteiger partial charge in [0.1, 0.15) is 5.76 Å². The van der Waals surface area contributed by atoms with Gasteiger partial charge in [0.15, 0.2) is 5.78 Å². The predicted octanol–water partition coefficient (Wildman–Crippen LogP) is 5.88. The van der Waals surface area contributed by atoms with E-state index in [9.17, 15) is 9.90 Å². The van der Waals surface area contributed by atoms with Crippen molar-refractivity contribution in [1.82, 2.24) is 0 Å². The van der Waals surface area contributed by atoms with Crippen molar-refractivity contribution in [2.24, 2.45) is 0 Å². The van der Waals surface area contributed by atoms with Gasteiger partial charge in [-0.05, 0) is 48.3 Å². The summed E-state index contributed by atoms with van der Waals surface area (Å²) in [5, 5.41) is 21.4. The summed E-state index contributed by atoms with van der Waals surface area (Å²) < 4.78 is 0. The number of thiophene rings is 1. The second-order valence-electron chi connectivity index (χ2n) is 6.17. The molecule has 0 radical (unpaired) electrons. The smallest absolute Gasteiger partial charge is 0.290 e. The average Bonchev–Trinajstić information content (AvgIpc) is 3.21. The van der Waals surface area contributed by atoms with E-state index in [2.05, 4.69) is 6.92 Å². The van der Waals surface area contributed by atoms with Gasteiger partial charge in [0.25, 0.3) is 6.47 Å². The minimum atomic E-state index is -0.250. The number of allylic oxidation sites excluding steroid dienone is 4. The summed E-state index contributed by atoms with van der Waals surface area (Å²) in [6, 6.07) is 11.8. The summed E-state index contributed by atoms with van der Waals surface area (Å²) in [6.45, 7) is 1.88. The molecule has 0 bridgehead atoms. The van der Waals surface area contributed by atoms with Crippen molar-refractivity contribution < 1.29 is 19.8 Å². The number of carbonyl (C=O) groups excluding carboxylic acids is 1. The number of aliphatic hydroxyl groups excluding tert-OH is 1. The zero-order valence-corrected chi connectivity index (χ0v) is 16.2. The molecule has 1 aromatic carbocycles. The monoisotopic (exact) mass is 384 g/mol. The lowest BCUT2D eigenvalue weighted by Crippen LogP contribution is -2.12. The van der Waals surface area contributed by atoms with Gasteiger partial charge in [-0.2, -0.15) is 11.3 Å². The fraction of sp³-hybridized carbons (Fsp3) is 0.273. The second kappa shape index (κ2) is 10.5. The third-order valence-corrected chi connectivity index (χ3v) is 5.22. The number of aliphatic hydroxyl groups is 1. The molecule has 0 saturated carbocycles. The van der Waals surface area contributed by atoms with Gasteiger partial charge < -0.3 is 10.2 Å². The van der Waals surface area contributed by atoms with Gasteiger partial charge in [-0.15, -0.1) is 0 Å². The Hall–Kier alpha value is -2.66. The normalized spacial score (nSPS) is 20.0. The molecule has 3 rings (SSSR count). The standard InChI is InChI=1S/C21H22O2S.CH2O2/c1-2-15-8-6-7-11-18(22)20(21(23)17-12-13-24-14-17)19(15)16-9-4-3-5-10-16;2-1-3/h3-5,9-10,12-14,22H,2,6-8,11H2,1H3;1H,(H,2,3)/b19-15+,20-18-;. The van der Waals surface area contributed by atoms with Crippen LogP contribution in [0.1, 0.15) is 54.9 Å². The van der Waals surface area contributed by atoms with E-state index < -0.39 is 0 Å². The first-order valence-corrected chi connectivity index (χ1v) is 9.92. The lowest BCUT2D eigenvalue weighted by Gasteiger charge is -2.21. The molecule has 0 aliphatic heterocycles. The number of hydrogen-bond acceptors (Lipinski definition) is 4. The maximum absolute atomic E-state index is 13.1. The Balaban J connectivity index is 0.000000817. The highest BCUT2D eigenvalue weighted by molar-refractivity contribution is 7.08. The van der Waals surface area contributed by atoms with Crippen LogP contribution in [0.5, 0.6) is 0 Å². The van der Waals surface area contributed by atoms with Gasteiger partial charge in [-0.25, -0.2) is 0 Å². The van der Waals surface area contributed by atoms with Crippen molar-refractivity contribution in [1.29, 1.82) is 0 Å². The first-order chi connectivity index (χ1) is 13.1. The fourth-order valence-corrected chi connectivity index (χ4v) is 3.93. The van der Waals surface area contributed by atoms with Gasteiger partial charge in [-0.3, -0.25) is 9.59 Å². The summed E-state index contributed by atoms with van der Waals surface area (Å²) in [4.78, 5) is 21.5. The number of benzene rings is 1. The van der Waals surface area contributed by atoms with E-state index in [4.69, 9.17) is 9.90 Å². The minimum absolute atomic E-state index is 0.0690. The molecule has 0 atom stereocenters. The van der Waals surface area contributed by atoms with Gasteiger partial charge in [-0.1, -0.05) is 42.8 Å². The fourth-order valence-electron chi connectivity index (χ4n) is 3.29. The van der Waals surface area contributed by atoms with Crippen LogP contribution in [0.25, 0.3) is 5.57 Å². The van der Waals surface area contributed by atoms with Crippen LogP contribution in [0, 0.1) is 0 Å². The summed E-state index contributed by atoms with van der Waals surface area (Å²) >= 11 is 1.50. The number of carboxylic acid groups (broad SMARTS) is 1. The molecular formula is C22H24O4S. The SMILES string of the molecule is CC/C1=C(c2ccccc2)\C(C(=O)c2ccsc2)=C(\O)CCCC1.O=CO. The van der Waals surface area contributed by atoms with E-state index in [1.165, 1.54) is 16.9 Å². The van der Waals surface area contributed by atoms with Crippen molar-refractivity contribution in [2.45, 2.75) is 39.0 Å². The first-order valence-electron chi connectivity index (χ1n) is 8.98. The quantitative estimate of drug-likeness (QED) is 0.510. The second-order valence-corrected chi connectivity index (χ2v) is 6.95. The van der Waals surface area contributed by atoms with Crippen LogP contribution in [0.4, 0.5) is 0 Å². The summed E-state index contributed by atoms with van der Waals surface area (Å²) in [7, 11) is 0. The van der Waals surface area contributed by atoms with E-state index in [1.54, 1.807) is 0 Å². The lowest BCUT2D eigenvalue weighted by atomic mass is 9.83. The van der Waals surface area contributed by atoms with Crippen LogP contribution in [-0.4, -0.2) is 22.5 Å². The van der Waals surface area contributed by atoms with Crippen molar-refractivity contribution in [3.8, 4) is 0 Å². The van der Waals surface area contributed by atoms with Crippen molar-refractivity contribution in [3.05, 3.63) is 75.2 Å². The van der Waals surface area contributed by atoms with Crippen LogP contribution in [-0.2, 0) is 4.79 Å². The first kappa shape index (κ1) is 20.6. The molecule has 1 aromatic heterocycles. The molecular weight excluding hydrogens is 360 g/mol. The summed E-state index contributed by atoms with van der Waals surface area (Å²) in [5.74, 6) is 0.163. The van der Waals surface area contributed by atoms with Crippen LogP contribution in [0.3, 0.4) is 0 Å². The molecule has 0 saturated heterocycles. The molecule has 27 heavy (non-hydrogen) atoms. The Morgan fingerprint density at radius 2 is 1.81 bits per heavy atom. The molecule has 5 heteroatoms. The van der Waals surface area contributed by atoms with Crippen LogP contribution < -0.4 is 0 Å². The highest BCUT2D eigenvalue weighted by Crippen LogP contribution is 2.37.